The lowest BCUT2D eigenvalue weighted by atomic mass is 9.90. The zero-order chi connectivity index (χ0) is 10.8. The van der Waals surface area contributed by atoms with E-state index in [0.29, 0.717) is 12.5 Å². The van der Waals surface area contributed by atoms with E-state index in [9.17, 15) is 0 Å². The molecule has 0 aliphatic rings. The number of aryl methyl sites for hydroxylation is 1. The highest BCUT2D eigenvalue weighted by Crippen LogP contribution is 2.22. The van der Waals surface area contributed by atoms with E-state index in [-0.39, 0.29) is 0 Å². The van der Waals surface area contributed by atoms with Gasteiger partial charge in [-0.2, -0.15) is 0 Å². The van der Waals surface area contributed by atoms with Crippen molar-refractivity contribution < 1.29 is 4.74 Å². The van der Waals surface area contributed by atoms with Crippen molar-refractivity contribution in [2.45, 2.75) is 13.8 Å². The Morgan fingerprint density at radius 2 is 2.13 bits per heavy atom. The Hall–Kier alpha value is -1.51. The maximum Gasteiger partial charge on any atom is 0.221 e. The topological polar surface area (TPSA) is 22.1 Å². The van der Waals surface area contributed by atoms with Gasteiger partial charge in [0.05, 0.1) is 6.61 Å². The lowest BCUT2D eigenvalue weighted by Crippen LogP contribution is -2.05. The van der Waals surface area contributed by atoms with Crippen molar-refractivity contribution in [2.75, 3.05) is 6.61 Å². The lowest BCUT2D eigenvalue weighted by Gasteiger charge is -2.09. The van der Waals surface area contributed by atoms with Crippen LogP contribution in [0.25, 0.3) is 10.8 Å². The van der Waals surface area contributed by atoms with Crippen LogP contribution in [0.1, 0.15) is 12.6 Å². The number of pyridine rings is 1. The normalized spacial score (nSPS) is 10.5. The van der Waals surface area contributed by atoms with Crippen molar-refractivity contribution in [1.29, 1.82) is 0 Å². The largest absolute Gasteiger partial charge is 0.478 e. The standard InChI is InChI=1S/C12H12BNO/c1-3-15-12-9-5-4-6-11(13)10(9)7-8(2)14-12/h4-7H,3H2,1-2H3. The number of rotatable bonds is 2. The first-order chi connectivity index (χ1) is 7.22. The maximum atomic E-state index is 5.91. The van der Waals surface area contributed by atoms with E-state index >= 15 is 0 Å². The van der Waals surface area contributed by atoms with Crippen LogP contribution in [0.3, 0.4) is 0 Å². The summed E-state index contributed by atoms with van der Waals surface area (Å²) >= 11 is 0. The van der Waals surface area contributed by atoms with E-state index in [0.717, 1.165) is 21.9 Å². The van der Waals surface area contributed by atoms with Gasteiger partial charge in [-0.25, -0.2) is 4.98 Å². The van der Waals surface area contributed by atoms with Crippen LogP contribution in [0.4, 0.5) is 0 Å². The smallest absolute Gasteiger partial charge is 0.221 e. The Bertz CT molecular complexity index is 496. The molecule has 0 atom stereocenters. The number of hydrogen-bond donors (Lipinski definition) is 0. The minimum atomic E-state index is 0.611. The van der Waals surface area contributed by atoms with E-state index in [4.69, 9.17) is 12.6 Å². The zero-order valence-electron chi connectivity index (χ0n) is 8.95. The first-order valence-corrected chi connectivity index (χ1v) is 5.01. The maximum absolute atomic E-state index is 5.91. The number of nitrogens with zero attached hydrogens (tertiary/aromatic N) is 1. The summed E-state index contributed by atoms with van der Waals surface area (Å²) in [5, 5.41) is 1.98. The Morgan fingerprint density at radius 1 is 1.33 bits per heavy atom. The van der Waals surface area contributed by atoms with Crippen LogP contribution in [0.15, 0.2) is 24.3 Å². The van der Waals surface area contributed by atoms with Gasteiger partial charge in [0.15, 0.2) is 0 Å². The molecule has 1 aromatic carbocycles. The van der Waals surface area contributed by atoms with Crippen LogP contribution in [-0.2, 0) is 0 Å². The molecule has 2 rings (SSSR count). The molecule has 2 aromatic rings. The molecule has 1 aromatic heterocycles. The minimum Gasteiger partial charge on any atom is -0.478 e. The van der Waals surface area contributed by atoms with Crippen molar-refractivity contribution >= 4 is 24.1 Å². The van der Waals surface area contributed by atoms with Crippen molar-refractivity contribution in [1.82, 2.24) is 4.98 Å². The van der Waals surface area contributed by atoms with Crippen molar-refractivity contribution in [3.8, 4) is 5.88 Å². The Labute approximate surface area is 90.7 Å². The number of benzene rings is 1. The highest BCUT2D eigenvalue weighted by atomic mass is 16.5. The third-order valence-corrected chi connectivity index (χ3v) is 2.28. The molecule has 15 heavy (non-hydrogen) atoms. The third kappa shape index (κ3) is 1.82. The molecule has 0 aliphatic heterocycles. The molecule has 2 radical (unpaired) electrons. The van der Waals surface area contributed by atoms with E-state index in [1.54, 1.807) is 0 Å². The summed E-state index contributed by atoms with van der Waals surface area (Å²) in [6.07, 6.45) is 0. The van der Waals surface area contributed by atoms with Gasteiger partial charge in [-0.05, 0) is 31.4 Å². The van der Waals surface area contributed by atoms with Crippen LogP contribution in [-0.4, -0.2) is 19.4 Å². The molecular weight excluding hydrogens is 185 g/mol. The zero-order valence-corrected chi connectivity index (χ0v) is 8.95. The summed E-state index contributed by atoms with van der Waals surface area (Å²) in [4.78, 5) is 4.35. The summed E-state index contributed by atoms with van der Waals surface area (Å²) in [6, 6.07) is 7.75. The van der Waals surface area contributed by atoms with Gasteiger partial charge in [0.1, 0.15) is 7.85 Å². The molecular formula is C12H12BNO. The van der Waals surface area contributed by atoms with E-state index in [1.807, 2.05) is 38.1 Å². The highest BCUT2D eigenvalue weighted by molar-refractivity contribution is 6.38. The molecule has 0 aliphatic carbocycles. The van der Waals surface area contributed by atoms with E-state index in [1.165, 1.54) is 0 Å². The van der Waals surface area contributed by atoms with Gasteiger partial charge in [0.25, 0.3) is 0 Å². The van der Waals surface area contributed by atoms with Crippen LogP contribution < -0.4 is 10.2 Å². The molecule has 74 valence electrons. The van der Waals surface area contributed by atoms with Gasteiger partial charge >= 0.3 is 0 Å². The van der Waals surface area contributed by atoms with Gasteiger partial charge in [0, 0.05) is 11.1 Å². The minimum absolute atomic E-state index is 0.611. The Kier molecular flexibility index (Phi) is 2.63. The first-order valence-electron chi connectivity index (χ1n) is 5.01. The summed E-state index contributed by atoms with van der Waals surface area (Å²) in [5.74, 6) is 0.666. The SMILES string of the molecule is [B]c1cccc2c(OCC)nc(C)cc12. The average molecular weight is 197 g/mol. The quantitative estimate of drug-likeness (QED) is 0.684. The molecule has 0 spiro atoms. The molecule has 0 amide bonds. The fourth-order valence-corrected chi connectivity index (χ4v) is 1.64. The van der Waals surface area contributed by atoms with Gasteiger partial charge in [-0.15, -0.1) is 0 Å². The molecule has 0 bridgehead atoms. The number of ether oxygens (including phenoxy) is 1. The fraction of sp³-hybridized carbons (Fsp3) is 0.250. The van der Waals surface area contributed by atoms with Crippen LogP contribution in [0, 0.1) is 6.92 Å². The van der Waals surface area contributed by atoms with Crippen molar-refractivity contribution in [3.05, 3.63) is 30.0 Å². The van der Waals surface area contributed by atoms with Gasteiger partial charge in [-0.1, -0.05) is 17.6 Å². The lowest BCUT2D eigenvalue weighted by molar-refractivity contribution is 0.331. The van der Waals surface area contributed by atoms with E-state index in [2.05, 4.69) is 4.98 Å². The van der Waals surface area contributed by atoms with Crippen molar-refractivity contribution in [2.24, 2.45) is 0 Å². The molecule has 0 unspecified atom stereocenters. The predicted molar refractivity (Wildman–Crippen MR) is 63.0 cm³/mol. The van der Waals surface area contributed by atoms with Gasteiger partial charge in [0.2, 0.25) is 5.88 Å². The number of fused-ring (bicyclic) bond motifs is 1. The molecule has 0 N–H and O–H groups in total. The molecule has 0 saturated carbocycles. The molecule has 2 nitrogen and oxygen atoms in total. The van der Waals surface area contributed by atoms with Crippen LogP contribution >= 0.6 is 0 Å². The number of hydrogen-bond acceptors (Lipinski definition) is 2. The molecule has 1 heterocycles. The predicted octanol–water partition coefficient (Wildman–Crippen LogP) is 1.74. The number of aromatic nitrogens is 1. The molecule has 0 fully saturated rings. The van der Waals surface area contributed by atoms with Crippen LogP contribution in [0.5, 0.6) is 5.88 Å². The monoisotopic (exact) mass is 197 g/mol. The fourth-order valence-electron chi connectivity index (χ4n) is 1.64. The van der Waals surface area contributed by atoms with E-state index < -0.39 is 0 Å². The Balaban J connectivity index is 2.74. The summed E-state index contributed by atoms with van der Waals surface area (Å²) in [7, 11) is 5.91. The highest BCUT2D eigenvalue weighted by Gasteiger charge is 2.05. The van der Waals surface area contributed by atoms with Crippen LogP contribution in [0.2, 0.25) is 0 Å². The molecule has 3 heteroatoms. The van der Waals surface area contributed by atoms with Gasteiger partial charge in [-0.3, -0.25) is 0 Å². The average Bonchev–Trinajstić information content (AvgIpc) is 2.20. The second-order valence-corrected chi connectivity index (χ2v) is 3.44. The second kappa shape index (κ2) is 3.93. The summed E-state index contributed by atoms with van der Waals surface area (Å²) in [6.45, 7) is 4.50. The molecule has 0 saturated heterocycles. The Morgan fingerprint density at radius 3 is 2.87 bits per heavy atom. The van der Waals surface area contributed by atoms with Crippen molar-refractivity contribution in [3.63, 3.8) is 0 Å². The summed E-state index contributed by atoms with van der Waals surface area (Å²) < 4.78 is 5.49. The summed E-state index contributed by atoms with van der Waals surface area (Å²) in [5.41, 5.74) is 1.68. The third-order valence-electron chi connectivity index (χ3n) is 2.28. The van der Waals surface area contributed by atoms with Gasteiger partial charge < -0.3 is 4.74 Å². The second-order valence-electron chi connectivity index (χ2n) is 3.44. The first kappa shape index (κ1) is 10.0.